The second-order valence-corrected chi connectivity index (χ2v) is 7.98. The van der Waals surface area contributed by atoms with Crippen LogP contribution in [-0.4, -0.2) is 32.3 Å². The first-order chi connectivity index (χ1) is 17.5. The molecule has 0 aliphatic rings. The Kier molecular flexibility index (Phi) is 9.89. The Labute approximate surface area is 212 Å². The molecule has 0 saturated carbocycles. The number of para-hydroxylation sites is 1. The van der Waals surface area contributed by atoms with Crippen molar-refractivity contribution in [3.63, 3.8) is 0 Å². The summed E-state index contributed by atoms with van der Waals surface area (Å²) in [5.41, 5.74) is 4.08. The largest absolute Gasteiger partial charge is 0.497 e. The summed E-state index contributed by atoms with van der Waals surface area (Å²) in [7, 11) is 1.65. The summed E-state index contributed by atoms with van der Waals surface area (Å²) < 4.78 is 15.7. The third-order valence-electron chi connectivity index (χ3n) is 5.72. The van der Waals surface area contributed by atoms with Gasteiger partial charge >= 0.3 is 11.9 Å². The molecule has 0 unspecified atom stereocenters. The average molecular weight is 486 g/mol. The van der Waals surface area contributed by atoms with Gasteiger partial charge in [0.2, 0.25) is 0 Å². The molecule has 0 bridgehead atoms. The van der Waals surface area contributed by atoms with Crippen LogP contribution in [0.15, 0.2) is 104 Å². The lowest BCUT2D eigenvalue weighted by atomic mass is 9.92. The molecule has 0 fully saturated rings. The molecule has 0 saturated heterocycles. The Bertz CT molecular complexity index is 1110. The Morgan fingerprint density at radius 3 is 1.69 bits per heavy atom. The van der Waals surface area contributed by atoms with E-state index in [4.69, 9.17) is 14.2 Å². The van der Waals surface area contributed by atoms with Crippen molar-refractivity contribution in [2.75, 3.05) is 25.2 Å². The van der Waals surface area contributed by atoms with Gasteiger partial charge in [-0.1, -0.05) is 43.5 Å². The van der Waals surface area contributed by atoms with E-state index in [2.05, 4.69) is 54.5 Å². The third-order valence-corrected chi connectivity index (χ3v) is 5.72. The molecule has 0 atom stereocenters. The molecule has 0 amide bonds. The molecule has 36 heavy (non-hydrogen) atoms. The zero-order valence-electron chi connectivity index (χ0n) is 20.5. The summed E-state index contributed by atoms with van der Waals surface area (Å²) in [6, 6.07) is 26.3. The summed E-state index contributed by atoms with van der Waals surface area (Å²) in [4.78, 5) is 25.1. The van der Waals surface area contributed by atoms with Gasteiger partial charge in [0.05, 0.1) is 20.3 Å². The van der Waals surface area contributed by atoms with Gasteiger partial charge < -0.3 is 19.1 Å². The van der Waals surface area contributed by atoms with E-state index in [0.717, 1.165) is 40.5 Å². The fraction of sp³-hybridized carbons (Fsp3) is 0.200. The Balaban J connectivity index is 1.85. The summed E-state index contributed by atoms with van der Waals surface area (Å²) in [5.74, 6) is -0.0972. The number of methoxy groups -OCH3 is 1. The molecular weight excluding hydrogens is 454 g/mol. The lowest BCUT2D eigenvalue weighted by Crippen LogP contribution is -2.12. The molecule has 0 aliphatic carbocycles. The summed E-state index contributed by atoms with van der Waals surface area (Å²) >= 11 is 0. The highest BCUT2D eigenvalue weighted by atomic mass is 16.5. The number of hydrogen-bond acceptors (Lipinski definition) is 6. The number of carbonyl (C=O) groups excluding carboxylic acids is 2. The van der Waals surface area contributed by atoms with Crippen molar-refractivity contribution in [1.29, 1.82) is 0 Å². The lowest BCUT2D eigenvalue weighted by Gasteiger charge is -2.26. The molecule has 3 aromatic rings. The van der Waals surface area contributed by atoms with Gasteiger partial charge in [-0.3, -0.25) is 0 Å². The molecule has 0 aromatic heterocycles. The lowest BCUT2D eigenvalue weighted by molar-refractivity contribution is -0.138. The van der Waals surface area contributed by atoms with Gasteiger partial charge in [0.25, 0.3) is 0 Å². The molecule has 0 aliphatic heterocycles. The highest BCUT2D eigenvalue weighted by Gasteiger charge is 2.16. The molecule has 186 valence electrons. The fourth-order valence-corrected chi connectivity index (χ4v) is 3.85. The van der Waals surface area contributed by atoms with E-state index in [9.17, 15) is 9.59 Å². The minimum absolute atomic E-state index is 0.0282. The number of esters is 2. The van der Waals surface area contributed by atoms with Crippen molar-refractivity contribution in [3.05, 3.63) is 110 Å². The number of carbonyl (C=O) groups is 2. The van der Waals surface area contributed by atoms with Crippen LogP contribution in [0.2, 0.25) is 0 Å². The van der Waals surface area contributed by atoms with E-state index >= 15 is 0 Å². The first kappa shape index (κ1) is 26.3. The fourth-order valence-electron chi connectivity index (χ4n) is 3.85. The molecule has 6 nitrogen and oxygen atoms in total. The topological polar surface area (TPSA) is 65.1 Å². The first-order valence-corrected chi connectivity index (χ1v) is 11.7. The van der Waals surface area contributed by atoms with Crippen LogP contribution in [0.25, 0.3) is 0 Å². The number of nitrogens with zero attached hydrogens (tertiary/aromatic N) is 1. The minimum atomic E-state index is -0.458. The molecular formula is C30H31NO5. The minimum Gasteiger partial charge on any atom is -0.497 e. The van der Waals surface area contributed by atoms with Gasteiger partial charge in [0.1, 0.15) is 5.75 Å². The third kappa shape index (κ3) is 7.34. The summed E-state index contributed by atoms with van der Waals surface area (Å²) in [6.07, 6.45) is 3.47. The second kappa shape index (κ2) is 13.5. The van der Waals surface area contributed by atoms with E-state index in [1.165, 1.54) is 0 Å². The van der Waals surface area contributed by atoms with E-state index in [1.54, 1.807) is 7.11 Å². The average Bonchev–Trinajstić information content (AvgIpc) is 2.93. The number of rotatable bonds is 13. The normalized spacial score (nSPS) is 10.4. The zero-order chi connectivity index (χ0) is 25.8. The molecule has 3 rings (SSSR count). The molecule has 0 radical (unpaired) electrons. The maximum absolute atomic E-state index is 11.5. The van der Waals surface area contributed by atoms with Crippen LogP contribution in [0.3, 0.4) is 0 Å². The maximum atomic E-state index is 11.5. The number of hydrogen-bond donors (Lipinski definition) is 0. The molecule has 0 spiro atoms. The Morgan fingerprint density at radius 1 is 0.750 bits per heavy atom. The standard InChI is InChI=1S/C30H31NO5/c1-4-29(32)35-21-19-24(20-22-36-30(33)5-2)23-11-13-26(14-12-23)31(25-9-7-6-8-10-25)27-15-17-28(34-3)18-16-27/h4-18,24H,1-2,19-22H2,3H3. The molecule has 6 heteroatoms. The van der Waals surface area contributed by atoms with Crippen molar-refractivity contribution in [2.45, 2.75) is 18.8 Å². The Hall–Kier alpha value is -4.32. The van der Waals surface area contributed by atoms with E-state index in [1.807, 2.05) is 42.5 Å². The van der Waals surface area contributed by atoms with Crippen LogP contribution < -0.4 is 9.64 Å². The van der Waals surface area contributed by atoms with Crippen LogP contribution >= 0.6 is 0 Å². The van der Waals surface area contributed by atoms with Gasteiger partial charge in [0, 0.05) is 29.2 Å². The highest BCUT2D eigenvalue weighted by molar-refractivity contribution is 5.81. The van der Waals surface area contributed by atoms with Gasteiger partial charge in [0.15, 0.2) is 0 Å². The highest BCUT2D eigenvalue weighted by Crippen LogP contribution is 2.36. The molecule has 3 aromatic carbocycles. The first-order valence-electron chi connectivity index (χ1n) is 11.7. The summed E-state index contributed by atoms with van der Waals surface area (Å²) in [6.45, 7) is 7.34. The predicted molar refractivity (Wildman–Crippen MR) is 142 cm³/mol. The monoisotopic (exact) mass is 485 g/mol. The number of ether oxygens (including phenoxy) is 3. The second-order valence-electron chi connectivity index (χ2n) is 7.98. The molecule has 0 N–H and O–H groups in total. The van der Waals surface area contributed by atoms with Gasteiger partial charge in [-0.25, -0.2) is 9.59 Å². The van der Waals surface area contributed by atoms with E-state index < -0.39 is 11.9 Å². The van der Waals surface area contributed by atoms with Crippen LogP contribution in [0.4, 0.5) is 17.1 Å². The summed E-state index contributed by atoms with van der Waals surface area (Å²) in [5, 5.41) is 0. The maximum Gasteiger partial charge on any atom is 0.330 e. The van der Waals surface area contributed by atoms with Crippen molar-refractivity contribution in [2.24, 2.45) is 0 Å². The zero-order valence-corrected chi connectivity index (χ0v) is 20.5. The van der Waals surface area contributed by atoms with E-state index in [0.29, 0.717) is 12.8 Å². The van der Waals surface area contributed by atoms with E-state index in [-0.39, 0.29) is 19.1 Å². The smallest absolute Gasteiger partial charge is 0.330 e. The quantitative estimate of drug-likeness (QED) is 0.204. The van der Waals surface area contributed by atoms with Gasteiger partial charge in [-0.05, 0) is 72.9 Å². The van der Waals surface area contributed by atoms with Crippen LogP contribution in [0, 0.1) is 0 Å². The van der Waals surface area contributed by atoms with Crippen molar-refractivity contribution in [3.8, 4) is 5.75 Å². The number of benzene rings is 3. The van der Waals surface area contributed by atoms with Crippen LogP contribution in [0.1, 0.15) is 24.3 Å². The van der Waals surface area contributed by atoms with Crippen molar-refractivity contribution in [1.82, 2.24) is 0 Å². The van der Waals surface area contributed by atoms with Crippen molar-refractivity contribution >= 4 is 29.0 Å². The molecule has 0 heterocycles. The van der Waals surface area contributed by atoms with Gasteiger partial charge in [-0.15, -0.1) is 0 Å². The number of anilines is 3. The van der Waals surface area contributed by atoms with Crippen LogP contribution in [0.5, 0.6) is 5.75 Å². The Morgan fingerprint density at radius 2 is 1.22 bits per heavy atom. The predicted octanol–water partition coefficient (Wildman–Crippen LogP) is 6.49. The SMILES string of the molecule is C=CC(=O)OCCC(CCOC(=O)C=C)c1ccc(N(c2ccccc2)c2ccc(OC)cc2)cc1. The van der Waals surface area contributed by atoms with Crippen LogP contribution in [-0.2, 0) is 19.1 Å². The van der Waals surface area contributed by atoms with Gasteiger partial charge in [-0.2, -0.15) is 0 Å². The van der Waals surface area contributed by atoms with Crippen molar-refractivity contribution < 1.29 is 23.8 Å².